The third-order valence-corrected chi connectivity index (χ3v) is 7.98. The molecule has 2 atom stereocenters. The summed E-state index contributed by atoms with van der Waals surface area (Å²) in [4.78, 5) is 0. The van der Waals surface area contributed by atoms with Gasteiger partial charge in [-0.25, -0.2) is 0 Å². The molecule has 1 fully saturated rings. The molecule has 0 amide bonds. The fourth-order valence-electron chi connectivity index (χ4n) is 1.68. The van der Waals surface area contributed by atoms with Gasteiger partial charge in [0.15, 0.2) is 0 Å². The van der Waals surface area contributed by atoms with E-state index >= 15 is 0 Å². The topological polar surface area (TPSA) is 20.2 Å². The molecule has 1 N–H and O–H groups in total. The van der Waals surface area contributed by atoms with Crippen molar-refractivity contribution in [3.05, 3.63) is 11.8 Å². The molecule has 1 heterocycles. The zero-order valence-corrected chi connectivity index (χ0v) is 8.72. The maximum absolute atomic E-state index is 9.44. The Morgan fingerprint density at radius 1 is 1.55 bits per heavy atom. The molecule has 0 spiro atoms. The van der Waals surface area contributed by atoms with E-state index in [0.29, 0.717) is 5.54 Å². The highest BCUT2D eigenvalue weighted by Crippen LogP contribution is 2.38. The van der Waals surface area contributed by atoms with Crippen molar-refractivity contribution >= 4 is 8.07 Å². The fourth-order valence-corrected chi connectivity index (χ4v) is 4.00. The lowest BCUT2D eigenvalue weighted by molar-refractivity contribution is 0.159. The molecule has 11 heavy (non-hydrogen) atoms. The lowest BCUT2D eigenvalue weighted by atomic mass is 10.1. The first-order valence-electron chi connectivity index (χ1n) is 4.31. The molecule has 64 valence electrons. The summed E-state index contributed by atoms with van der Waals surface area (Å²) in [6.07, 6.45) is 1.72. The fraction of sp³-hybridized carbons (Fsp3) is 0.778. The normalized spacial score (nSPS) is 37.3. The van der Waals surface area contributed by atoms with Gasteiger partial charge >= 0.3 is 0 Å². The van der Waals surface area contributed by atoms with Crippen LogP contribution in [0.5, 0.6) is 0 Å². The standard InChI is InChI=1S/C9H18OSi/c1-7-5-9(10)6-8(2)11(7,3)4/h8-10H,1,5-6H2,2-4H3/t8-,9+/m1/s1. The van der Waals surface area contributed by atoms with Gasteiger partial charge in [0.2, 0.25) is 0 Å². The van der Waals surface area contributed by atoms with Gasteiger partial charge in [-0.05, 0) is 18.4 Å². The molecule has 1 aliphatic rings. The van der Waals surface area contributed by atoms with Crippen LogP contribution in [0.4, 0.5) is 0 Å². The average molecular weight is 170 g/mol. The van der Waals surface area contributed by atoms with Crippen molar-refractivity contribution in [3.63, 3.8) is 0 Å². The van der Waals surface area contributed by atoms with E-state index < -0.39 is 8.07 Å². The molecule has 0 aromatic rings. The predicted molar refractivity (Wildman–Crippen MR) is 51.3 cm³/mol. The van der Waals surface area contributed by atoms with Crippen LogP contribution in [0.15, 0.2) is 11.8 Å². The zero-order chi connectivity index (χ0) is 8.65. The van der Waals surface area contributed by atoms with Gasteiger partial charge in [0.1, 0.15) is 0 Å². The highest BCUT2D eigenvalue weighted by atomic mass is 28.3. The average Bonchev–Trinajstić information content (AvgIpc) is 1.84. The van der Waals surface area contributed by atoms with Gasteiger partial charge in [-0.3, -0.25) is 0 Å². The number of aliphatic hydroxyl groups excluding tert-OH is 1. The molecule has 1 aliphatic heterocycles. The van der Waals surface area contributed by atoms with Crippen LogP contribution in [-0.4, -0.2) is 19.3 Å². The summed E-state index contributed by atoms with van der Waals surface area (Å²) in [5.41, 5.74) is 0.693. The zero-order valence-electron chi connectivity index (χ0n) is 7.72. The van der Waals surface area contributed by atoms with Crippen LogP contribution in [0.25, 0.3) is 0 Å². The van der Waals surface area contributed by atoms with Crippen LogP contribution >= 0.6 is 0 Å². The summed E-state index contributed by atoms with van der Waals surface area (Å²) in [6, 6.07) is 0. The quantitative estimate of drug-likeness (QED) is 0.553. The van der Waals surface area contributed by atoms with E-state index in [1.807, 2.05) is 0 Å². The number of aliphatic hydroxyl groups is 1. The number of hydrogen-bond acceptors (Lipinski definition) is 1. The Hall–Kier alpha value is -0.0831. The van der Waals surface area contributed by atoms with Gasteiger partial charge < -0.3 is 5.11 Å². The maximum atomic E-state index is 9.44. The Bertz CT molecular complexity index is 174. The summed E-state index contributed by atoms with van der Waals surface area (Å²) in [7, 11) is -1.19. The van der Waals surface area contributed by atoms with Crippen molar-refractivity contribution in [1.82, 2.24) is 0 Å². The second-order valence-corrected chi connectivity index (χ2v) is 9.46. The van der Waals surface area contributed by atoms with Crippen LogP contribution in [0, 0.1) is 0 Å². The third-order valence-electron chi connectivity index (χ3n) is 3.25. The summed E-state index contributed by atoms with van der Waals surface area (Å²) < 4.78 is 0. The largest absolute Gasteiger partial charge is 0.393 e. The second kappa shape index (κ2) is 2.76. The number of rotatable bonds is 0. The molecule has 0 unspecified atom stereocenters. The third kappa shape index (κ3) is 1.57. The van der Waals surface area contributed by atoms with Crippen LogP contribution in [0.3, 0.4) is 0 Å². The molecular weight excluding hydrogens is 152 g/mol. The summed E-state index contributed by atoms with van der Waals surface area (Å²) in [6.45, 7) is 11.0. The monoisotopic (exact) mass is 170 g/mol. The van der Waals surface area contributed by atoms with Crippen molar-refractivity contribution in [2.24, 2.45) is 0 Å². The van der Waals surface area contributed by atoms with Crippen molar-refractivity contribution < 1.29 is 5.11 Å². The summed E-state index contributed by atoms with van der Waals surface area (Å²) >= 11 is 0. The molecule has 0 radical (unpaired) electrons. The van der Waals surface area contributed by atoms with E-state index in [-0.39, 0.29) is 6.10 Å². The first-order chi connectivity index (χ1) is 4.94. The highest BCUT2D eigenvalue weighted by Gasteiger charge is 2.37. The van der Waals surface area contributed by atoms with Gasteiger partial charge in [-0.15, -0.1) is 6.58 Å². The Morgan fingerprint density at radius 2 is 2.09 bits per heavy atom. The minimum atomic E-state index is -1.19. The molecule has 1 nitrogen and oxygen atoms in total. The Balaban J connectivity index is 2.76. The van der Waals surface area contributed by atoms with E-state index in [9.17, 15) is 5.11 Å². The summed E-state index contributed by atoms with van der Waals surface area (Å²) in [5, 5.41) is 10.8. The van der Waals surface area contributed by atoms with E-state index in [1.54, 1.807) is 0 Å². The molecule has 0 aromatic heterocycles. The maximum Gasteiger partial charge on any atom is 0.0777 e. The van der Waals surface area contributed by atoms with Gasteiger partial charge in [0.25, 0.3) is 0 Å². The van der Waals surface area contributed by atoms with E-state index in [2.05, 4.69) is 26.6 Å². The van der Waals surface area contributed by atoms with Crippen molar-refractivity contribution in [1.29, 1.82) is 0 Å². The van der Waals surface area contributed by atoms with Crippen LogP contribution in [0.1, 0.15) is 19.8 Å². The molecule has 0 saturated carbocycles. The van der Waals surface area contributed by atoms with Crippen molar-refractivity contribution in [3.8, 4) is 0 Å². The lowest BCUT2D eigenvalue weighted by Crippen LogP contribution is -2.41. The Morgan fingerprint density at radius 3 is 2.55 bits per heavy atom. The molecule has 0 aliphatic carbocycles. The van der Waals surface area contributed by atoms with Gasteiger partial charge in [0, 0.05) is 0 Å². The van der Waals surface area contributed by atoms with E-state index in [1.165, 1.54) is 5.20 Å². The van der Waals surface area contributed by atoms with Crippen molar-refractivity contribution in [2.45, 2.75) is 44.5 Å². The Labute approximate surface area is 70.1 Å². The molecule has 2 heteroatoms. The van der Waals surface area contributed by atoms with E-state index in [4.69, 9.17) is 0 Å². The van der Waals surface area contributed by atoms with Crippen LogP contribution in [-0.2, 0) is 0 Å². The number of hydrogen-bond donors (Lipinski definition) is 1. The molecule has 1 saturated heterocycles. The minimum Gasteiger partial charge on any atom is -0.393 e. The Kier molecular flexibility index (Phi) is 2.26. The van der Waals surface area contributed by atoms with Crippen molar-refractivity contribution in [2.75, 3.05) is 0 Å². The van der Waals surface area contributed by atoms with Crippen LogP contribution in [0.2, 0.25) is 18.6 Å². The minimum absolute atomic E-state index is 0.113. The van der Waals surface area contributed by atoms with Gasteiger partial charge in [-0.1, -0.05) is 25.2 Å². The highest BCUT2D eigenvalue weighted by molar-refractivity contribution is 6.85. The summed E-state index contributed by atoms with van der Waals surface area (Å²) in [5.74, 6) is 0. The van der Waals surface area contributed by atoms with Crippen LogP contribution < -0.4 is 0 Å². The first-order valence-corrected chi connectivity index (χ1v) is 7.38. The SMILES string of the molecule is C=C1C[C@H](O)C[C@@H](C)[Si]1(C)C. The molecule has 1 rings (SSSR count). The molecule has 0 bridgehead atoms. The van der Waals surface area contributed by atoms with Gasteiger partial charge in [-0.2, -0.15) is 0 Å². The lowest BCUT2D eigenvalue weighted by Gasteiger charge is -2.39. The van der Waals surface area contributed by atoms with E-state index in [0.717, 1.165) is 12.8 Å². The first kappa shape index (κ1) is 9.01. The second-order valence-electron chi connectivity index (χ2n) is 4.32. The van der Waals surface area contributed by atoms with Gasteiger partial charge in [0.05, 0.1) is 14.2 Å². The predicted octanol–water partition coefficient (Wildman–Crippen LogP) is 2.33. The molecule has 0 aromatic carbocycles. The molecular formula is C9H18OSi. The smallest absolute Gasteiger partial charge is 0.0777 e.